The summed E-state index contributed by atoms with van der Waals surface area (Å²) in [5.74, 6) is 0. The van der Waals surface area contributed by atoms with Crippen molar-refractivity contribution in [1.29, 1.82) is 0 Å². The lowest BCUT2D eigenvalue weighted by Gasteiger charge is -1.96. The van der Waals surface area contributed by atoms with E-state index in [1.54, 1.807) is 6.07 Å². The standard InChI is InChI=1S/C8H4BrNO2S2/c9-6-3-4-1-2-5(13)7(10(11)12)8(4)14-6/h1-3,13H. The minimum absolute atomic E-state index is 0.0848. The number of rotatable bonds is 1. The smallest absolute Gasteiger partial charge is 0.258 e. The third kappa shape index (κ3) is 1.53. The Morgan fingerprint density at radius 2 is 2.21 bits per heavy atom. The predicted molar refractivity (Wildman–Crippen MR) is 63.4 cm³/mol. The molecule has 72 valence electrons. The molecule has 0 aliphatic heterocycles. The van der Waals surface area contributed by atoms with E-state index in [-0.39, 0.29) is 5.69 Å². The van der Waals surface area contributed by atoms with Gasteiger partial charge in [-0.2, -0.15) is 0 Å². The lowest BCUT2D eigenvalue weighted by molar-refractivity contribution is -0.385. The normalized spacial score (nSPS) is 10.7. The summed E-state index contributed by atoms with van der Waals surface area (Å²) < 4.78 is 1.55. The van der Waals surface area contributed by atoms with Crippen LogP contribution in [0.3, 0.4) is 0 Å². The molecule has 0 saturated carbocycles. The molecular weight excluding hydrogens is 286 g/mol. The third-order valence-electron chi connectivity index (χ3n) is 1.79. The topological polar surface area (TPSA) is 43.1 Å². The van der Waals surface area contributed by atoms with Gasteiger partial charge in [-0.05, 0) is 28.1 Å². The average Bonchev–Trinajstić information content (AvgIpc) is 2.43. The Kier molecular flexibility index (Phi) is 2.50. The highest BCUT2D eigenvalue weighted by molar-refractivity contribution is 9.11. The lowest BCUT2D eigenvalue weighted by atomic mass is 10.2. The highest BCUT2D eigenvalue weighted by Gasteiger charge is 2.18. The second-order valence-electron chi connectivity index (χ2n) is 2.66. The Balaban J connectivity index is 2.88. The van der Waals surface area contributed by atoms with Crippen molar-refractivity contribution in [3.8, 4) is 0 Å². The fourth-order valence-corrected chi connectivity index (χ4v) is 3.21. The van der Waals surface area contributed by atoms with Crippen LogP contribution in [-0.4, -0.2) is 4.92 Å². The molecule has 0 unspecified atom stereocenters. The molecule has 0 aliphatic carbocycles. The van der Waals surface area contributed by atoms with Crippen LogP contribution in [0.15, 0.2) is 26.9 Å². The molecule has 1 aromatic heterocycles. The predicted octanol–water partition coefficient (Wildman–Crippen LogP) is 3.86. The maximum atomic E-state index is 10.8. The molecule has 0 N–H and O–H groups in total. The number of nitro groups is 1. The third-order valence-corrected chi connectivity index (χ3v) is 3.81. The molecule has 0 radical (unpaired) electrons. The monoisotopic (exact) mass is 289 g/mol. The highest BCUT2D eigenvalue weighted by Crippen LogP contribution is 2.39. The van der Waals surface area contributed by atoms with E-state index in [9.17, 15) is 10.1 Å². The molecule has 0 spiro atoms. The van der Waals surface area contributed by atoms with Gasteiger partial charge in [0.05, 0.1) is 13.6 Å². The molecular formula is C8H4BrNO2S2. The van der Waals surface area contributed by atoms with Gasteiger partial charge in [-0.25, -0.2) is 0 Å². The first-order valence-electron chi connectivity index (χ1n) is 3.65. The summed E-state index contributed by atoms with van der Waals surface area (Å²) in [6.45, 7) is 0. The van der Waals surface area contributed by atoms with Crippen molar-refractivity contribution in [3.63, 3.8) is 0 Å². The zero-order valence-electron chi connectivity index (χ0n) is 6.73. The SMILES string of the molecule is O=[N+]([O-])c1c(S)ccc2cc(Br)sc12. The molecule has 2 aromatic rings. The van der Waals surface area contributed by atoms with Crippen molar-refractivity contribution in [3.05, 3.63) is 32.1 Å². The van der Waals surface area contributed by atoms with Gasteiger partial charge >= 0.3 is 0 Å². The zero-order valence-corrected chi connectivity index (χ0v) is 10.0. The number of thiol groups is 1. The summed E-state index contributed by atoms with van der Waals surface area (Å²) in [5, 5.41) is 11.7. The van der Waals surface area contributed by atoms with Gasteiger partial charge in [0.1, 0.15) is 4.70 Å². The van der Waals surface area contributed by atoms with Gasteiger partial charge in [0, 0.05) is 5.39 Å². The number of hydrogen-bond acceptors (Lipinski definition) is 4. The number of thiophene rings is 1. The summed E-state index contributed by atoms with van der Waals surface area (Å²) in [6, 6.07) is 5.33. The van der Waals surface area contributed by atoms with Crippen LogP contribution in [0.1, 0.15) is 0 Å². The van der Waals surface area contributed by atoms with Crippen molar-refractivity contribution >= 4 is 55.7 Å². The van der Waals surface area contributed by atoms with E-state index in [1.165, 1.54) is 11.3 Å². The molecule has 1 aromatic carbocycles. The van der Waals surface area contributed by atoms with Crippen LogP contribution in [0, 0.1) is 10.1 Å². The van der Waals surface area contributed by atoms with Crippen LogP contribution in [0.25, 0.3) is 10.1 Å². The molecule has 6 heteroatoms. The second-order valence-corrected chi connectivity index (χ2v) is 5.57. The van der Waals surface area contributed by atoms with Crippen LogP contribution in [0.2, 0.25) is 0 Å². The summed E-state index contributed by atoms with van der Waals surface area (Å²) >= 11 is 8.72. The van der Waals surface area contributed by atoms with Crippen molar-refractivity contribution in [1.82, 2.24) is 0 Å². The maximum absolute atomic E-state index is 10.8. The fourth-order valence-electron chi connectivity index (χ4n) is 1.22. The van der Waals surface area contributed by atoms with Crippen LogP contribution in [0.4, 0.5) is 5.69 Å². The molecule has 0 fully saturated rings. The second kappa shape index (κ2) is 3.52. The first kappa shape index (κ1) is 9.95. The van der Waals surface area contributed by atoms with Gasteiger partial charge in [-0.15, -0.1) is 24.0 Å². The summed E-state index contributed by atoms with van der Waals surface area (Å²) in [5.41, 5.74) is 0.0848. The maximum Gasteiger partial charge on any atom is 0.300 e. The Hall–Kier alpha value is -0.590. The largest absolute Gasteiger partial charge is 0.300 e. The van der Waals surface area contributed by atoms with Crippen LogP contribution < -0.4 is 0 Å². The van der Waals surface area contributed by atoms with Gasteiger partial charge in [-0.3, -0.25) is 10.1 Å². The van der Waals surface area contributed by atoms with Gasteiger partial charge in [0.15, 0.2) is 0 Å². The zero-order chi connectivity index (χ0) is 10.3. The van der Waals surface area contributed by atoms with E-state index in [0.29, 0.717) is 9.60 Å². The number of nitrogens with zero attached hydrogens (tertiary/aromatic N) is 1. The molecule has 0 saturated heterocycles. The summed E-state index contributed by atoms with van der Waals surface area (Å²) in [4.78, 5) is 10.8. The van der Waals surface area contributed by atoms with E-state index >= 15 is 0 Å². The Morgan fingerprint density at radius 3 is 2.86 bits per heavy atom. The van der Waals surface area contributed by atoms with Gasteiger partial charge in [0.2, 0.25) is 0 Å². The Bertz CT molecular complexity index is 523. The number of halogens is 1. The molecule has 0 bridgehead atoms. The molecule has 0 atom stereocenters. The van der Waals surface area contributed by atoms with Gasteiger partial charge < -0.3 is 0 Å². The van der Waals surface area contributed by atoms with Crippen molar-refractivity contribution < 1.29 is 4.92 Å². The van der Waals surface area contributed by atoms with E-state index in [4.69, 9.17) is 0 Å². The Labute approximate surface area is 97.4 Å². The highest BCUT2D eigenvalue weighted by atomic mass is 79.9. The van der Waals surface area contributed by atoms with Gasteiger partial charge in [-0.1, -0.05) is 6.07 Å². The number of hydrogen-bond donors (Lipinski definition) is 1. The first-order valence-corrected chi connectivity index (χ1v) is 5.70. The van der Waals surface area contributed by atoms with E-state index < -0.39 is 4.92 Å². The molecule has 1 heterocycles. The van der Waals surface area contributed by atoms with E-state index in [1.807, 2.05) is 12.1 Å². The number of fused-ring (bicyclic) bond motifs is 1. The van der Waals surface area contributed by atoms with Crippen LogP contribution >= 0.6 is 39.9 Å². The quantitative estimate of drug-likeness (QED) is 0.492. The fraction of sp³-hybridized carbons (Fsp3) is 0. The number of nitro benzene ring substituents is 1. The summed E-state index contributed by atoms with van der Waals surface area (Å²) in [6.07, 6.45) is 0. The van der Waals surface area contributed by atoms with E-state index in [2.05, 4.69) is 28.6 Å². The van der Waals surface area contributed by atoms with Crippen molar-refractivity contribution in [2.45, 2.75) is 4.90 Å². The Morgan fingerprint density at radius 1 is 1.50 bits per heavy atom. The first-order chi connectivity index (χ1) is 6.59. The molecule has 3 nitrogen and oxygen atoms in total. The molecule has 14 heavy (non-hydrogen) atoms. The summed E-state index contributed by atoms with van der Waals surface area (Å²) in [7, 11) is 0. The molecule has 0 aliphatic rings. The molecule has 2 rings (SSSR count). The van der Waals surface area contributed by atoms with Crippen LogP contribution in [0.5, 0.6) is 0 Å². The van der Waals surface area contributed by atoms with E-state index in [0.717, 1.165) is 9.17 Å². The van der Waals surface area contributed by atoms with Crippen LogP contribution in [-0.2, 0) is 0 Å². The number of benzene rings is 1. The van der Waals surface area contributed by atoms with Crippen molar-refractivity contribution in [2.24, 2.45) is 0 Å². The average molecular weight is 290 g/mol. The minimum Gasteiger partial charge on any atom is -0.258 e. The minimum atomic E-state index is -0.395. The van der Waals surface area contributed by atoms with Gasteiger partial charge in [0.25, 0.3) is 5.69 Å². The lowest BCUT2D eigenvalue weighted by Crippen LogP contribution is -1.89. The van der Waals surface area contributed by atoms with Crippen molar-refractivity contribution in [2.75, 3.05) is 0 Å². The molecule has 0 amide bonds.